The molecular formula is C16H22BrF3N2O3S2. The summed E-state index contributed by atoms with van der Waals surface area (Å²) in [4.78, 5) is 13.4. The topological polar surface area (TPSA) is 57.7 Å². The fourth-order valence-corrected chi connectivity index (χ4v) is 6.63. The Morgan fingerprint density at radius 3 is 2.44 bits per heavy atom. The normalized spacial score (nSPS) is 17.2. The summed E-state index contributed by atoms with van der Waals surface area (Å²) >= 11 is 4.33. The fourth-order valence-electron chi connectivity index (χ4n) is 3.00. The molecule has 154 valence electrons. The molecule has 1 saturated heterocycles. The lowest BCUT2D eigenvalue weighted by Crippen LogP contribution is -2.47. The maximum atomic E-state index is 12.8. The number of halogens is 4. The third kappa shape index (κ3) is 6.16. The van der Waals surface area contributed by atoms with Gasteiger partial charge in [0.2, 0.25) is 5.91 Å². The van der Waals surface area contributed by atoms with Crippen LogP contribution < -0.4 is 0 Å². The van der Waals surface area contributed by atoms with E-state index >= 15 is 0 Å². The van der Waals surface area contributed by atoms with Crippen LogP contribution in [0.4, 0.5) is 13.2 Å². The Morgan fingerprint density at radius 2 is 1.96 bits per heavy atom. The van der Waals surface area contributed by atoms with E-state index in [-0.39, 0.29) is 36.7 Å². The van der Waals surface area contributed by atoms with Gasteiger partial charge < -0.3 is 4.90 Å². The van der Waals surface area contributed by atoms with Gasteiger partial charge in [0.25, 0.3) is 10.0 Å². The van der Waals surface area contributed by atoms with Gasteiger partial charge in [-0.25, -0.2) is 8.42 Å². The molecule has 0 radical (unpaired) electrons. The molecule has 0 spiro atoms. The van der Waals surface area contributed by atoms with Crippen molar-refractivity contribution in [3.8, 4) is 0 Å². The predicted molar refractivity (Wildman–Crippen MR) is 101 cm³/mol. The number of thiophene rings is 1. The van der Waals surface area contributed by atoms with Gasteiger partial charge >= 0.3 is 6.18 Å². The first-order valence-electron chi connectivity index (χ1n) is 8.65. The Hall–Kier alpha value is -0.650. The molecule has 0 atom stereocenters. The summed E-state index contributed by atoms with van der Waals surface area (Å²) in [6.07, 6.45) is -2.80. The minimum atomic E-state index is -4.44. The molecule has 0 aliphatic carbocycles. The molecule has 0 bridgehead atoms. The molecule has 2 heterocycles. The number of carbonyl (C=O) groups is 1. The largest absolute Gasteiger partial charge is 0.406 e. The minimum absolute atomic E-state index is 0.0661. The van der Waals surface area contributed by atoms with Gasteiger partial charge in [-0.3, -0.25) is 4.79 Å². The molecule has 1 fully saturated rings. The minimum Gasteiger partial charge on any atom is -0.333 e. The second kappa shape index (κ2) is 9.23. The van der Waals surface area contributed by atoms with Crippen LogP contribution in [0.15, 0.2) is 20.1 Å². The standard InChI is InChI=1S/C16H22BrF3N2O3S2/c1-2-3-8-21(11-16(18,19)20)15(23)12-6-9-22(10-7-12)27(24,25)14-5-4-13(17)26-14/h4-5,12H,2-3,6-11H2,1H3. The van der Waals surface area contributed by atoms with Gasteiger partial charge in [-0.05, 0) is 47.3 Å². The summed E-state index contributed by atoms with van der Waals surface area (Å²) in [5.41, 5.74) is 0. The molecule has 1 amide bonds. The van der Waals surface area contributed by atoms with Crippen LogP contribution in [0.3, 0.4) is 0 Å². The molecule has 0 aromatic carbocycles. The quantitative estimate of drug-likeness (QED) is 0.577. The van der Waals surface area contributed by atoms with Crippen LogP contribution in [-0.2, 0) is 14.8 Å². The summed E-state index contributed by atoms with van der Waals surface area (Å²) in [5.74, 6) is -1.11. The third-order valence-electron chi connectivity index (χ3n) is 4.41. The first-order valence-corrected chi connectivity index (χ1v) is 11.7. The summed E-state index contributed by atoms with van der Waals surface area (Å²) in [6, 6.07) is 3.16. The number of amides is 1. The zero-order valence-electron chi connectivity index (χ0n) is 14.8. The van der Waals surface area contributed by atoms with Crippen molar-refractivity contribution in [2.24, 2.45) is 5.92 Å². The molecule has 0 saturated carbocycles. The average molecular weight is 491 g/mol. The highest BCUT2D eigenvalue weighted by molar-refractivity contribution is 9.11. The Bertz CT molecular complexity index is 744. The second-order valence-corrected chi connectivity index (χ2v) is 11.1. The van der Waals surface area contributed by atoms with E-state index in [1.807, 2.05) is 6.92 Å². The van der Waals surface area contributed by atoms with E-state index in [4.69, 9.17) is 0 Å². The van der Waals surface area contributed by atoms with Gasteiger partial charge in [-0.1, -0.05) is 13.3 Å². The van der Waals surface area contributed by atoms with Gasteiger partial charge in [0.05, 0.1) is 3.79 Å². The van der Waals surface area contributed by atoms with Crippen molar-refractivity contribution < 1.29 is 26.4 Å². The van der Waals surface area contributed by atoms with E-state index in [1.165, 1.54) is 10.4 Å². The maximum Gasteiger partial charge on any atom is 0.406 e. The van der Waals surface area contributed by atoms with Gasteiger partial charge in [0.1, 0.15) is 10.8 Å². The number of sulfonamides is 1. The third-order valence-corrected chi connectivity index (χ3v) is 8.40. The second-order valence-electron chi connectivity index (χ2n) is 6.47. The number of alkyl halides is 3. The van der Waals surface area contributed by atoms with Crippen molar-refractivity contribution in [1.29, 1.82) is 0 Å². The zero-order chi connectivity index (χ0) is 20.2. The Labute approximate surface area is 169 Å². The summed E-state index contributed by atoms with van der Waals surface area (Å²) in [6.45, 7) is 0.913. The van der Waals surface area contributed by atoms with Crippen LogP contribution in [0, 0.1) is 5.92 Å². The number of hydrogen-bond donors (Lipinski definition) is 0. The molecule has 11 heteroatoms. The van der Waals surface area contributed by atoms with E-state index in [1.54, 1.807) is 6.07 Å². The fraction of sp³-hybridized carbons (Fsp3) is 0.688. The first kappa shape index (κ1) is 22.6. The van der Waals surface area contributed by atoms with E-state index in [0.717, 1.165) is 16.2 Å². The SMILES string of the molecule is CCCCN(CC(F)(F)F)C(=O)C1CCN(S(=O)(=O)c2ccc(Br)s2)CC1. The number of carbonyl (C=O) groups excluding carboxylic acids is 1. The van der Waals surface area contributed by atoms with Crippen molar-refractivity contribution in [2.75, 3.05) is 26.2 Å². The van der Waals surface area contributed by atoms with Crippen LogP contribution in [0.2, 0.25) is 0 Å². The zero-order valence-corrected chi connectivity index (χ0v) is 18.1. The van der Waals surface area contributed by atoms with Crippen molar-refractivity contribution in [1.82, 2.24) is 9.21 Å². The van der Waals surface area contributed by atoms with E-state index in [9.17, 15) is 26.4 Å². The maximum absolute atomic E-state index is 12.8. The van der Waals surface area contributed by atoms with Crippen LogP contribution in [-0.4, -0.2) is 55.9 Å². The van der Waals surface area contributed by atoms with Crippen LogP contribution in [0.1, 0.15) is 32.6 Å². The lowest BCUT2D eigenvalue weighted by atomic mass is 9.96. The smallest absolute Gasteiger partial charge is 0.333 e. The number of nitrogens with zero attached hydrogens (tertiary/aromatic N) is 2. The van der Waals surface area contributed by atoms with Crippen molar-refractivity contribution in [2.45, 2.75) is 43.0 Å². The van der Waals surface area contributed by atoms with E-state index < -0.39 is 34.6 Å². The van der Waals surface area contributed by atoms with Crippen LogP contribution >= 0.6 is 27.3 Å². The highest BCUT2D eigenvalue weighted by Crippen LogP contribution is 2.31. The number of unbranched alkanes of at least 4 members (excludes halogenated alkanes) is 1. The molecule has 0 unspecified atom stereocenters. The molecule has 0 N–H and O–H groups in total. The van der Waals surface area contributed by atoms with E-state index in [0.29, 0.717) is 16.6 Å². The Kier molecular flexibility index (Phi) is 7.74. The average Bonchev–Trinajstić information content (AvgIpc) is 3.04. The van der Waals surface area contributed by atoms with Crippen molar-refractivity contribution in [3.05, 3.63) is 15.9 Å². The van der Waals surface area contributed by atoms with Crippen molar-refractivity contribution in [3.63, 3.8) is 0 Å². The van der Waals surface area contributed by atoms with Gasteiger partial charge in [0.15, 0.2) is 0 Å². The van der Waals surface area contributed by atoms with Gasteiger partial charge in [-0.15, -0.1) is 11.3 Å². The molecule has 27 heavy (non-hydrogen) atoms. The van der Waals surface area contributed by atoms with Crippen LogP contribution in [0.25, 0.3) is 0 Å². The molecule has 1 aliphatic rings. The summed E-state index contributed by atoms with van der Waals surface area (Å²) < 4.78 is 65.8. The molecule has 5 nitrogen and oxygen atoms in total. The number of hydrogen-bond acceptors (Lipinski definition) is 4. The lowest BCUT2D eigenvalue weighted by molar-refractivity contribution is -0.164. The highest BCUT2D eigenvalue weighted by atomic mass is 79.9. The van der Waals surface area contributed by atoms with Crippen LogP contribution in [0.5, 0.6) is 0 Å². The summed E-state index contributed by atoms with van der Waals surface area (Å²) in [5, 5.41) is 0. The highest BCUT2D eigenvalue weighted by Gasteiger charge is 2.38. The molecular weight excluding hydrogens is 469 g/mol. The summed E-state index contributed by atoms with van der Waals surface area (Å²) in [7, 11) is -3.64. The Morgan fingerprint density at radius 1 is 1.33 bits per heavy atom. The first-order chi connectivity index (χ1) is 12.5. The number of piperidine rings is 1. The lowest BCUT2D eigenvalue weighted by Gasteiger charge is -2.33. The van der Waals surface area contributed by atoms with Crippen molar-refractivity contribution >= 4 is 43.2 Å². The predicted octanol–water partition coefficient (Wildman–Crippen LogP) is 4.10. The van der Waals surface area contributed by atoms with Gasteiger partial charge in [-0.2, -0.15) is 17.5 Å². The molecule has 1 aliphatic heterocycles. The van der Waals surface area contributed by atoms with Gasteiger partial charge in [0, 0.05) is 25.6 Å². The Balaban J connectivity index is 2.01. The molecule has 1 aromatic heterocycles. The van der Waals surface area contributed by atoms with E-state index in [2.05, 4.69) is 15.9 Å². The number of rotatable bonds is 7. The molecule has 1 aromatic rings. The molecule has 2 rings (SSSR count). The monoisotopic (exact) mass is 490 g/mol.